The van der Waals surface area contributed by atoms with Crippen molar-refractivity contribution in [1.82, 2.24) is 14.8 Å². The maximum absolute atomic E-state index is 12.1. The number of aromatic nitrogens is 3. The second kappa shape index (κ2) is 8.65. The molecule has 3 heterocycles. The van der Waals surface area contributed by atoms with Crippen molar-refractivity contribution in [3.63, 3.8) is 0 Å². The number of aliphatic imine (C=N–C) groups is 1. The van der Waals surface area contributed by atoms with E-state index in [9.17, 15) is 14.7 Å². The zero-order valence-corrected chi connectivity index (χ0v) is 19.6. The number of aryl methyl sites for hydroxylation is 2. The quantitative estimate of drug-likeness (QED) is 0.425. The van der Waals surface area contributed by atoms with Crippen LogP contribution in [0.5, 0.6) is 0 Å². The summed E-state index contributed by atoms with van der Waals surface area (Å²) in [7, 11) is 0. The molecule has 32 heavy (non-hydrogen) atoms. The van der Waals surface area contributed by atoms with Crippen molar-refractivity contribution in [2.75, 3.05) is 5.88 Å². The summed E-state index contributed by atoms with van der Waals surface area (Å²) in [6.07, 6.45) is -1.64. The van der Waals surface area contributed by atoms with Crippen LogP contribution in [0.25, 0.3) is 5.00 Å². The second-order valence-corrected chi connectivity index (χ2v) is 9.12. The van der Waals surface area contributed by atoms with Crippen LogP contribution in [0.1, 0.15) is 39.3 Å². The molecular formula is C21H18Cl2N4O4S. The summed E-state index contributed by atoms with van der Waals surface area (Å²) in [5.41, 5.74) is 3.14. The average Bonchev–Trinajstić information content (AvgIpc) is 3.22. The van der Waals surface area contributed by atoms with Crippen LogP contribution in [-0.2, 0) is 14.3 Å². The highest BCUT2D eigenvalue weighted by Crippen LogP contribution is 2.40. The lowest BCUT2D eigenvalue weighted by atomic mass is 9.99. The van der Waals surface area contributed by atoms with E-state index in [1.54, 1.807) is 23.6 Å². The monoisotopic (exact) mass is 492 g/mol. The first-order valence-electron chi connectivity index (χ1n) is 9.57. The number of carbonyl (C=O) groups is 2. The Bertz CT molecular complexity index is 1250. The van der Waals surface area contributed by atoms with Gasteiger partial charge in [0.2, 0.25) is 6.10 Å². The number of nitrogens with zero attached hydrogens (tertiary/aromatic N) is 4. The van der Waals surface area contributed by atoms with Crippen LogP contribution in [0.2, 0.25) is 5.02 Å². The molecule has 0 bridgehead atoms. The summed E-state index contributed by atoms with van der Waals surface area (Å²) >= 11 is 13.2. The summed E-state index contributed by atoms with van der Waals surface area (Å²) in [6.45, 7) is 5.76. The maximum Gasteiger partial charge on any atom is 0.347 e. The van der Waals surface area contributed by atoms with E-state index in [-0.39, 0.29) is 5.82 Å². The van der Waals surface area contributed by atoms with Crippen LogP contribution in [-0.4, -0.2) is 49.5 Å². The SMILES string of the molecule is Cc1sc2c(c1C)C(c1ccc(Cl)cc1)=NC(C(OC(=O)CCl)C(=O)O)c1nnc(C)n1-2. The molecule has 1 aromatic carbocycles. The normalized spacial score (nSPS) is 15.9. The molecule has 1 aliphatic heterocycles. The highest BCUT2D eigenvalue weighted by molar-refractivity contribution is 7.15. The molecule has 0 saturated heterocycles. The number of aliphatic carboxylic acids is 1. The molecule has 2 atom stereocenters. The van der Waals surface area contributed by atoms with Crippen LogP contribution in [0.3, 0.4) is 0 Å². The lowest BCUT2D eigenvalue weighted by Crippen LogP contribution is -2.34. The van der Waals surface area contributed by atoms with Gasteiger partial charge in [-0.05, 0) is 38.5 Å². The predicted octanol–water partition coefficient (Wildman–Crippen LogP) is 4.03. The Kier molecular flexibility index (Phi) is 6.07. The number of esters is 1. The van der Waals surface area contributed by atoms with Crippen LogP contribution < -0.4 is 0 Å². The van der Waals surface area contributed by atoms with E-state index in [1.165, 1.54) is 11.3 Å². The average molecular weight is 493 g/mol. The van der Waals surface area contributed by atoms with Gasteiger partial charge < -0.3 is 9.84 Å². The third kappa shape index (κ3) is 3.80. The van der Waals surface area contributed by atoms with Gasteiger partial charge in [-0.25, -0.2) is 4.79 Å². The Hall–Kier alpha value is -2.75. The first-order chi connectivity index (χ1) is 15.2. The number of alkyl halides is 1. The first kappa shape index (κ1) is 22.4. The first-order valence-corrected chi connectivity index (χ1v) is 11.3. The highest BCUT2D eigenvalue weighted by Gasteiger charge is 2.40. The Morgan fingerprint density at radius 1 is 1.22 bits per heavy atom. The summed E-state index contributed by atoms with van der Waals surface area (Å²) in [5.74, 6) is -1.88. The molecule has 0 spiro atoms. The molecule has 8 nitrogen and oxygen atoms in total. The van der Waals surface area contributed by atoms with Gasteiger partial charge in [0.1, 0.15) is 16.7 Å². The molecule has 11 heteroatoms. The fourth-order valence-corrected chi connectivity index (χ4v) is 4.98. The zero-order valence-electron chi connectivity index (χ0n) is 17.3. The van der Waals surface area contributed by atoms with Crippen molar-refractivity contribution in [3.05, 3.63) is 62.5 Å². The Morgan fingerprint density at radius 3 is 2.53 bits per heavy atom. The number of ether oxygens (including phenoxy) is 1. The molecule has 4 rings (SSSR count). The largest absolute Gasteiger partial charge is 0.478 e. The summed E-state index contributed by atoms with van der Waals surface area (Å²) in [4.78, 5) is 29.9. The van der Waals surface area contributed by atoms with Gasteiger partial charge >= 0.3 is 11.9 Å². The minimum atomic E-state index is -1.64. The van der Waals surface area contributed by atoms with Gasteiger partial charge in [0.05, 0.1) is 5.71 Å². The Balaban J connectivity index is 2.02. The lowest BCUT2D eigenvalue weighted by molar-refractivity contribution is -0.164. The molecule has 166 valence electrons. The minimum absolute atomic E-state index is 0.267. The maximum atomic E-state index is 12.1. The van der Waals surface area contributed by atoms with E-state index in [2.05, 4.69) is 10.2 Å². The van der Waals surface area contributed by atoms with Crippen molar-refractivity contribution in [2.24, 2.45) is 4.99 Å². The van der Waals surface area contributed by atoms with E-state index in [4.69, 9.17) is 32.9 Å². The summed E-state index contributed by atoms with van der Waals surface area (Å²) < 4.78 is 6.96. The molecule has 1 N–H and O–H groups in total. The lowest BCUT2D eigenvalue weighted by Gasteiger charge is -2.20. The third-order valence-electron chi connectivity index (χ3n) is 5.20. The number of hydrogen-bond donors (Lipinski definition) is 1. The van der Waals surface area contributed by atoms with Crippen molar-refractivity contribution in [2.45, 2.75) is 32.9 Å². The molecule has 1 aliphatic rings. The number of hydrogen-bond acceptors (Lipinski definition) is 7. The predicted molar refractivity (Wildman–Crippen MR) is 122 cm³/mol. The number of halogens is 2. The molecule has 2 unspecified atom stereocenters. The number of fused-ring (bicyclic) bond motifs is 3. The van der Waals surface area contributed by atoms with E-state index in [0.717, 1.165) is 26.6 Å². The zero-order chi connectivity index (χ0) is 23.2. The number of carbonyl (C=O) groups excluding carboxylic acids is 1. The third-order valence-corrected chi connectivity index (χ3v) is 6.87. The highest BCUT2D eigenvalue weighted by atomic mass is 35.5. The fourth-order valence-electron chi connectivity index (χ4n) is 3.58. The molecule has 0 fully saturated rings. The standard InChI is InChI=1S/C21H18Cl2N4O4S/c1-9-10(2)32-20-15(9)16(12-4-6-13(23)7-5-12)24-17(19-26-25-11(3)27(19)20)18(21(29)30)31-14(28)8-22/h4-7,17-18H,8H2,1-3H3,(H,29,30). The second-order valence-electron chi connectivity index (χ2n) is 7.22. The van der Waals surface area contributed by atoms with Crippen molar-refractivity contribution in [3.8, 4) is 5.00 Å². The minimum Gasteiger partial charge on any atom is -0.478 e. The van der Waals surface area contributed by atoms with Crippen molar-refractivity contribution >= 4 is 52.2 Å². The number of benzene rings is 1. The molecule has 0 aliphatic carbocycles. The van der Waals surface area contributed by atoms with Gasteiger partial charge in [-0.2, -0.15) is 0 Å². The van der Waals surface area contributed by atoms with Gasteiger partial charge in [-0.1, -0.05) is 23.7 Å². The molecular weight excluding hydrogens is 475 g/mol. The van der Waals surface area contributed by atoms with Gasteiger partial charge in [0, 0.05) is 21.0 Å². The van der Waals surface area contributed by atoms with Gasteiger partial charge in [0.25, 0.3) is 0 Å². The van der Waals surface area contributed by atoms with Gasteiger partial charge in [0.15, 0.2) is 11.9 Å². The van der Waals surface area contributed by atoms with Gasteiger partial charge in [-0.15, -0.1) is 33.1 Å². The summed E-state index contributed by atoms with van der Waals surface area (Å²) in [5, 5.41) is 19.6. The van der Waals surface area contributed by atoms with Crippen LogP contribution in [0.15, 0.2) is 29.3 Å². The van der Waals surface area contributed by atoms with Gasteiger partial charge in [-0.3, -0.25) is 14.4 Å². The number of carboxylic acid groups (broad SMARTS) is 1. The molecule has 0 saturated carbocycles. The molecule has 0 radical (unpaired) electrons. The number of thiophene rings is 1. The van der Waals surface area contributed by atoms with Crippen LogP contribution in [0.4, 0.5) is 0 Å². The summed E-state index contributed by atoms with van der Waals surface area (Å²) in [6, 6.07) is 5.95. The fraction of sp³-hybridized carbons (Fsp3) is 0.286. The van der Waals surface area contributed by atoms with E-state index < -0.39 is 30.0 Å². The van der Waals surface area contributed by atoms with E-state index >= 15 is 0 Å². The molecule has 2 aromatic heterocycles. The number of carboxylic acids is 1. The Morgan fingerprint density at radius 2 is 1.91 bits per heavy atom. The van der Waals surface area contributed by atoms with E-state index in [0.29, 0.717) is 16.6 Å². The topological polar surface area (TPSA) is 107 Å². The Labute approximate surface area is 197 Å². The number of rotatable bonds is 5. The van der Waals surface area contributed by atoms with Crippen LogP contribution >= 0.6 is 34.5 Å². The molecule has 0 amide bonds. The van der Waals surface area contributed by atoms with Crippen molar-refractivity contribution in [1.29, 1.82) is 0 Å². The molecule has 3 aromatic rings. The van der Waals surface area contributed by atoms with Crippen LogP contribution in [0, 0.1) is 20.8 Å². The van der Waals surface area contributed by atoms with E-state index in [1.807, 2.05) is 26.0 Å². The van der Waals surface area contributed by atoms with Crippen molar-refractivity contribution < 1.29 is 19.4 Å². The smallest absolute Gasteiger partial charge is 0.347 e.